The Balaban J connectivity index is 0.00000288. The van der Waals surface area contributed by atoms with Gasteiger partial charge in [-0.1, -0.05) is 6.92 Å². The van der Waals surface area contributed by atoms with E-state index in [-0.39, 0.29) is 35.8 Å². The van der Waals surface area contributed by atoms with Crippen LogP contribution in [-0.4, -0.2) is 61.6 Å². The molecule has 2 unspecified atom stereocenters. The van der Waals surface area contributed by atoms with Crippen LogP contribution in [0.4, 0.5) is 0 Å². The fourth-order valence-electron chi connectivity index (χ4n) is 2.95. The lowest BCUT2D eigenvalue weighted by Gasteiger charge is -2.22. The molecule has 7 heteroatoms. The molecule has 1 saturated heterocycles. The van der Waals surface area contributed by atoms with E-state index in [0.29, 0.717) is 31.1 Å². The summed E-state index contributed by atoms with van der Waals surface area (Å²) in [6, 6.07) is 1.01. The molecule has 0 aromatic rings. The van der Waals surface area contributed by atoms with Gasteiger partial charge in [0.1, 0.15) is 0 Å². The van der Waals surface area contributed by atoms with E-state index in [9.17, 15) is 4.79 Å². The van der Waals surface area contributed by atoms with Crippen LogP contribution in [0.3, 0.4) is 0 Å². The number of rotatable bonds is 7. The molecule has 1 amide bonds. The summed E-state index contributed by atoms with van der Waals surface area (Å²) >= 11 is 0. The minimum absolute atomic E-state index is 0. The van der Waals surface area contributed by atoms with Gasteiger partial charge in [0.25, 0.3) is 0 Å². The Labute approximate surface area is 163 Å². The van der Waals surface area contributed by atoms with E-state index in [0.717, 1.165) is 38.4 Å². The molecule has 1 saturated carbocycles. The first-order chi connectivity index (χ1) is 11.0. The number of carbonyl (C=O) groups excluding carboxylic acids is 1. The summed E-state index contributed by atoms with van der Waals surface area (Å²) in [5.41, 5.74) is 0. The molecule has 0 spiro atoms. The summed E-state index contributed by atoms with van der Waals surface area (Å²) in [4.78, 5) is 18.7. The SMILES string of the molecule is CCNC(=NCCNC(=O)C1CC1)NC1CN(C(C)C)CC1C.I. The van der Waals surface area contributed by atoms with Crippen LogP contribution in [-0.2, 0) is 4.79 Å². The Morgan fingerprint density at radius 3 is 2.50 bits per heavy atom. The van der Waals surface area contributed by atoms with Crippen LogP contribution in [0, 0.1) is 11.8 Å². The van der Waals surface area contributed by atoms with Crippen molar-refractivity contribution in [3.05, 3.63) is 0 Å². The normalized spacial score (nSPS) is 24.6. The van der Waals surface area contributed by atoms with Gasteiger partial charge in [0.2, 0.25) is 5.91 Å². The third kappa shape index (κ3) is 6.74. The molecule has 2 rings (SSSR count). The lowest BCUT2D eigenvalue weighted by molar-refractivity contribution is -0.122. The molecule has 2 fully saturated rings. The second-order valence-electron chi connectivity index (χ2n) is 7.10. The van der Waals surface area contributed by atoms with Crippen molar-refractivity contribution in [2.45, 2.75) is 52.6 Å². The summed E-state index contributed by atoms with van der Waals surface area (Å²) in [6.07, 6.45) is 2.09. The van der Waals surface area contributed by atoms with E-state index in [1.807, 2.05) is 0 Å². The van der Waals surface area contributed by atoms with Gasteiger partial charge in [0, 0.05) is 44.2 Å². The molecular formula is C17H34IN5O. The van der Waals surface area contributed by atoms with Crippen LogP contribution < -0.4 is 16.0 Å². The van der Waals surface area contributed by atoms with E-state index in [1.165, 1.54) is 0 Å². The highest BCUT2D eigenvalue weighted by Gasteiger charge is 2.31. The van der Waals surface area contributed by atoms with Crippen molar-refractivity contribution in [2.24, 2.45) is 16.8 Å². The number of aliphatic imine (C=N–C) groups is 1. The van der Waals surface area contributed by atoms with Gasteiger partial charge < -0.3 is 16.0 Å². The fraction of sp³-hybridized carbons (Fsp3) is 0.882. The second kappa shape index (κ2) is 10.4. The van der Waals surface area contributed by atoms with Crippen molar-refractivity contribution in [3.63, 3.8) is 0 Å². The van der Waals surface area contributed by atoms with Gasteiger partial charge in [-0.25, -0.2) is 0 Å². The maximum absolute atomic E-state index is 11.6. The number of halogens is 1. The zero-order valence-corrected chi connectivity index (χ0v) is 17.8. The van der Waals surface area contributed by atoms with Crippen LogP contribution in [0.15, 0.2) is 4.99 Å². The van der Waals surface area contributed by atoms with E-state index in [4.69, 9.17) is 0 Å². The summed E-state index contributed by atoms with van der Waals surface area (Å²) in [7, 11) is 0. The molecule has 6 nitrogen and oxygen atoms in total. The van der Waals surface area contributed by atoms with Gasteiger partial charge >= 0.3 is 0 Å². The molecule has 1 aliphatic carbocycles. The van der Waals surface area contributed by atoms with E-state index < -0.39 is 0 Å². The van der Waals surface area contributed by atoms with Gasteiger partial charge in [-0.2, -0.15) is 0 Å². The molecule has 1 heterocycles. The molecule has 0 aromatic carbocycles. The Hall–Kier alpha value is -0.570. The van der Waals surface area contributed by atoms with Crippen molar-refractivity contribution < 1.29 is 4.79 Å². The number of hydrogen-bond donors (Lipinski definition) is 3. The number of hydrogen-bond acceptors (Lipinski definition) is 3. The number of guanidine groups is 1. The largest absolute Gasteiger partial charge is 0.357 e. The van der Waals surface area contributed by atoms with Crippen LogP contribution in [0.25, 0.3) is 0 Å². The fourth-order valence-corrected chi connectivity index (χ4v) is 2.95. The smallest absolute Gasteiger partial charge is 0.223 e. The number of amides is 1. The molecule has 0 aromatic heterocycles. The maximum atomic E-state index is 11.6. The van der Waals surface area contributed by atoms with Gasteiger partial charge in [0.15, 0.2) is 5.96 Å². The Morgan fingerprint density at radius 2 is 1.96 bits per heavy atom. The van der Waals surface area contributed by atoms with Gasteiger partial charge in [-0.05, 0) is 39.5 Å². The Kier molecular flexibility index (Phi) is 9.33. The third-order valence-corrected chi connectivity index (χ3v) is 4.67. The van der Waals surface area contributed by atoms with Gasteiger partial charge in [-0.15, -0.1) is 24.0 Å². The Bertz CT molecular complexity index is 425. The van der Waals surface area contributed by atoms with Gasteiger partial charge in [0.05, 0.1) is 6.54 Å². The first kappa shape index (κ1) is 21.5. The molecule has 140 valence electrons. The predicted molar refractivity (Wildman–Crippen MR) is 110 cm³/mol. The minimum atomic E-state index is 0. The quantitative estimate of drug-likeness (QED) is 0.237. The highest BCUT2D eigenvalue weighted by atomic mass is 127. The summed E-state index contributed by atoms with van der Waals surface area (Å²) in [6.45, 7) is 13.1. The number of nitrogens with zero attached hydrogens (tertiary/aromatic N) is 2. The third-order valence-electron chi connectivity index (χ3n) is 4.67. The van der Waals surface area contributed by atoms with E-state index in [1.54, 1.807) is 0 Å². The lowest BCUT2D eigenvalue weighted by Crippen LogP contribution is -2.47. The van der Waals surface area contributed by atoms with Crippen molar-refractivity contribution in [3.8, 4) is 0 Å². The van der Waals surface area contributed by atoms with Crippen LogP contribution in [0.1, 0.15) is 40.5 Å². The van der Waals surface area contributed by atoms with Crippen molar-refractivity contribution in [1.29, 1.82) is 0 Å². The molecule has 0 bridgehead atoms. The molecule has 2 aliphatic rings. The zero-order valence-electron chi connectivity index (χ0n) is 15.5. The number of carbonyl (C=O) groups is 1. The van der Waals surface area contributed by atoms with Crippen LogP contribution in [0.2, 0.25) is 0 Å². The monoisotopic (exact) mass is 451 g/mol. The van der Waals surface area contributed by atoms with Crippen LogP contribution in [0.5, 0.6) is 0 Å². The minimum Gasteiger partial charge on any atom is -0.357 e. The molecule has 2 atom stereocenters. The average molecular weight is 451 g/mol. The lowest BCUT2D eigenvalue weighted by atomic mass is 10.1. The highest BCUT2D eigenvalue weighted by Crippen LogP contribution is 2.28. The van der Waals surface area contributed by atoms with Gasteiger partial charge in [-0.3, -0.25) is 14.7 Å². The summed E-state index contributed by atoms with van der Waals surface area (Å²) in [5, 5.41) is 9.82. The van der Waals surface area contributed by atoms with Crippen molar-refractivity contribution in [2.75, 3.05) is 32.7 Å². The Morgan fingerprint density at radius 1 is 1.25 bits per heavy atom. The average Bonchev–Trinajstić information content (AvgIpc) is 3.28. The number of likely N-dealkylation sites (tertiary alicyclic amines) is 1. The van der Waals surface area contributed by atoms with E-state index >= 15 is 0 Å². The summed E-state index contributed by atoms with van der Waals surface area (Å²) < 4.78 is 0. The summed E-state index contributed by atoms with van der Waals surface area (Å²) in [5.74, 6) is 1.92. The van der Waals surface area contributed by atoms with E-state index in [2.05, 4.69) is 53.5 Å². The zero-order chi connectivity index (χ0) is 16.8. The highest BCUT2D eigenvalue weighted by molar-refractivity contribution is 14.0. The molecule has 0 radical (unpaired) electrons. The molecule has 1 aliphatic heterocycles. The second-order valence-corrected chi connectivity index (χ2v) is 7.10. The number of nitrogens with one attached hydrogen (secondary N) is 3. The standard InChI is InChI=1S/C17H33N5O.HI/c1-5-18-17(20-9-8-19-16(23)14-6-7-14)21-15-11-22(12(2)3)10-13(15)4;/h12-15H,5-11H2,1-4H3,(H,19,23)(H2,18,20,21);1H. The van der Waals surface area contributed by atoms with Crippen molar-refractivity contribution >= 4 is 35.8 Å². The molecule has 24 heavy (non-hydrogen) atoms. The first-order valence-electron chi connectivity index (χ1n) is 9.07. The topological polar surface area (TPSA) is 68.8 Å². The first-order valence-corrected chi connectivity index (χ1v) is 9.07. The predicted octanol–water partition coefficient (Wildman–Crippen LogP) is 1.41. The van der Waals surface area contributed by atoms with Crippen LogP contribution >= 0.6 is 24.0 Å². The van der Waals surface area contributed by atoms with Crippen molar-refractivity contribution in [1.82, 2.24) is 20.9 Å². The maximum Gasteiger partial charge on any atom is 0.223 e. The molecular weight excluding hydrogens is 417 g/mol. The molecule has 3 N–H and O–H groups in total.